The number of nitrogens with zero attached hydrogens (tertiary/aromatic N) is 3. The van der Waals surface area contributed by atoms with Crippen molar-refractivity contribution in [3.8, 4) is 11.5 Å². The fourth-order valence-corrected chi connectivity index (χ4v) is 6.13. The first-order valence-electron chi connectivity index (χ1n) is 13.4. The fraction of sp³-hybridized carbons (Fsp3) is 0.241. The number of benzene rings is 3. The molecule has 46 heavy (non-hydrogen) atoms. The summed E-state index contributed by atoms with van der Waals surface area (Å²) in [6.07, 6.45) is -6.94. The minimum absolute atomic E-state index is 0.119. The Morgan fingerprint density at radius 3 is 2.09 bits per heavy atom. The van der Waals surface area contributed by atoms with Gasteiger partial charge < -0.3 is 25.4 Å². The van der Waals surface area contributed by atoms with Crippen LogP contribution in [0.2, 0.25) is 0 Å². The smallest absolute Gasteiger partial charge is 0.406 e. The molecule has 0 unspecified atom stereocenters. The first-order valence-corrected chi connectivity index (χ1v) is 14.8. The molecule has 0 bridgehead atoms. The van der Waals surface area contributed by atoms with Gasteiger partial charge in [-0.05, 0) is 60.2 Å². The number of allylic oxidation sites excluding steroid dienone is 1. The number of hydrogen-bond acceptors (Lipinski definition) is 8. The maximum atomic E-state index is 13.7. The van der Waals surface area contributed by atoms with E-state index in [9.17, 15) is 39.6 Å². The molecule has 1 saturated heterocycles. The van der Waals surface area contributed by atoms with Crippen LogP contribution in [-0.4, -0.2) is 63.2 Å². The number of nitrogens with two attached hydrogens (primary N) is 1. The van der Waals surface area contributed by atoms with Gasteiger partial charge in [-0.2, -0.15) is 4.31 Å². The molecule has 0 radical (unpaired) electrons. The average Bonchev–Trinajstić information content (AvgIpc) is 2.98. The molecule has 1 amide bonds. The summed E-state index contributed by atoms with van der Waals surface area (Å²) in [4.78, 5) is 19.0. The molecule has 246 valence electrons. The minimum Gasteiger partial charge on any atom is -0.406 e. The van der Waals surface area contributed by atoms with Gasteiger partial charge in [0.2, 0.25) is 15.9 Å². The maximum absolute atomic E-state index is 13.7. The van der Waals surface area contributed by atoms with Crippen molar-refractivity contribution in [2.45, 2.75) is 30.2 Å². The molecule has 3 aromatic carbocycles. The summed E-state index contributed by atoms with van der Waals surface area (Å²) in [5.41, 5.74) is 7.87. The predicted molar refractivity (Wildman–Crippen MR) is 157 cm³/mol. The van der Waals surface area contributed by atoms with E-state index in [0.717, 1.165) is 40.7 Å². The van der Waals surface area contributed by atoms with Crippen molar-refractivity contribution in [2.24, 2.45) is 4.99 Å². The third-order valence-electron chi connectivity index (χ3n) is 6.62. The zero-order chi connectivity index (χ0) is 33.7. The number of nitrogen functional groups attached to an aromatic ring is 1. The number of nitrogens with one attached hydrogen (secondary N) is 1. The van der Waals surface area contributed by atoms with Gasteiger partial charge in [-0.3, -0.25) is 9.79 Å². The number of carbonyl (C=O) groups is 1. The lowest BCUT2D eigenvalue weighted by Gasteiger charge is -2.40. The van der Waals surface area contributed by atoms with Gasteiger partial charge in [0.05, 0.1) is 16.3 Å². The first-order chi connectivity index (χ1) is 21.6. The highest BCUT2D eigenvalue weighted by Crippen LogP contribution is 2.31. The van der Waals surface area contributed by atoms with E-state index in [1.807, 2.05) is 0 Å². The molecule has 1 atom stereocenters. The van der Waals surface area contributed by atoms with Gasteiger partial charge in [-0.15, -0.1) is 26.3 Å². The van der Waals surface area contributed by atoms with Crippen LogP contribution in [0, 0.1) is 0 Å². The Balaban J connectivity index is 1.58. The third-order valence-corrected chi connectivity index (χ3v) is 8.54. The van der Waals surface area contributed by atoms with E-state index < -0.39 is 46.2 Å². The number of alkyl halides is 6. The third kappa shape index (κ3) is 8.91. The molecule has 1 heterocycles. The number of ether oxygens (including phenoxy) is 2. The summed E-state index contributed by atoms with van der Waals surface area (Å²) in [7, 11) is -4.42. The van der Waals surface area contributed by atoms with Crippen molar-refractivity contribution < 1.29 is 49.0 Å². The number of sulfonamides is 1. The molecule has 10 nitrogen and oxygen atoms in total. The Morgan fingerprint density at radius 2 is 1.54 bits per heavy atom. The summed E-state index contributed by atoms with van der Waals surface area (Å²) in [5, 5.41) is 2.61. The lowest BCUT2D eigenvalue weighted by molar-refractivity contribution is -0.275. The monoisotopic (exact) mass is 671 g/mol. The largest absolute Gasteiger partial charge is 0.573 e. The van der Waals surface area contributed by atoms with Crippen LogP contribution in [0.3, 0.4) is 0 Å². The number of piperazine rings is 1. The van der Waals surface area contributed by atoms with Gasteiger partial charge in [0.1, 0.15) is 17.5 Å². The quantitative estimate of drug-likeness (QED) is 0.174. The number of amides is 1. The zero-order valence-corrected chi connectivity index (χ0v) is 24.6. The van der Waals surface area contributed by atoms with E-state index in [1.54, 1.807) is 23.1 Å². The number of halogens is 6. The van der Waals surface area contributed by atoms with Crippen LogP contribution in [0.25, 0.3) is 0 Å². The van der Waals surface area contributed by atoms with Crippen LogP contribution >= 0.6 is 0 Å². The molecule has 0 aromatic heterocycles. The number of hydrogen-bond donors (Lipinski definition) is 2. The number of carbonyl (C=O) groups excluding carboxylic acids is 1. The second kappa shape index (κ2) is 13.7. The molecule has 4 rings (SSSR count). The Bertz CT molecular complexity index is 1680. The van der Waals surface area contributed by atoms with Crippen LogP contribution in [0.15, 0.2) is 89.3 Å². The van der Waals surface area contributed by atoms with Gasteiger partial charge in [0, 0.05) is 38.1 Å². The van der Waals surface area contributed by atoms with Crippen molar-refractivity contribution in [2.75, 3.05) is 30.3 Å². The Kier molecular flexibility index (Phi) is 10.2. The number of rotatable bonds is 10. The molecule has 1 aliphatic heterocycles. The second-order valence-electron chi connectivity index (χ2n) is 9.76. The van der Waals surface area contributed by atoms with Gasteiger partial charge >= 0.3 is 12.7 Å². The van der Waals surface area contributed by atoms with Crippen LogP contribution in [-0.2, 0) is 21.4 Å². The van der Waals surface area contributed by atoms with E-state index in [1.165, 1.54) is 24.4 Å². The summed E-state index contributed by atoms with van der Waals surface area (Å²) >= 11 is 0. The van der Waals surface area contributed by atoms with E-state index in [2.05, 4.69) is 26.4 Å². The number of aliphatic imine (C=N–C) groups is 1. The van der Waals surface area contributed by atoms with E-state index >= 15 is 0 Å². The van der Waals surface area contributed by atoms with Crippen LogP contribution in [0.5, 0.6) is 11.5 Å². The SMILES string of the molecule is C=C/C=N\c1ccc(N2CCN(S(=O)(=O)c3ccc(OC(F)(F)F)cc3)[C@@H](C(=O)NCc3ccc(OC(F)(F)F)cc3)C2)cc1N. The standard InChI is InChI=1S/C29H27F6N5O5S/c1-2-13-37-25-12-5-20(16-24(25)36)39-14-15-40(46(42,43)23-10-8-22(9-11-23)45-29(33,34)35)26(18-39)27(41)38-17-19-3-6-21(7-4-19)44-28(30,31)32/h2-13,16,26H,1,14-15,17-18,36H2,(H,38,41)/b37-13-/t26-/m1/s1. The predicted octanol–water partition coefficient (Wildman–Crippen LogP) is 5.15. The highest BCUT2D eigenvalue weighted by Gasteiger charge is 2.40. The lowest BCUT2D eigenvalue weighted by Crippen LogP contribution is -2.60. The molecule has 0 aliphatic carbocycles. The van der Waals surface area contributed by atoms with Gasteiger partial charge in [0.15, 0.2) is 0 Å². The molecular weight excluding hydrogens is 644 g/mol. The van der Waals surface area contributed by atoms with Gasteiger partial charge in [-0.1, -0.05) is 24.8 Å². The Morgan fingerprint density at radius 1 is 0.957 bits per heavy atom. The van der Waals surface area contributed by atoms with Crippen LogP contribution in [0.4, 0.5) is 43.4 Å². The van der Waals surface area contributed by atoms with Crippen molar-refractivity contribution in [1.29, 1.82) is 0 Å². The summed E-state index contributed by atoms with van der Waals surface area (Å²) in [6, 6.07) is 11.9. The van der Waals surface area contributed by atoms with Gasteiger partial charge in [-0.25, -0.2) is 8.42 Å². The summed E-state index contributed by atoms with van der Waals surface area (Å²) in [5.74, 6) is -1.83. The normalized spacial score (nSPS) is 16.3. The van der Waals surface area contributed by atoms with Crippen molar-refractivity contribution in [1.82, 2.24) is 9.62 Å². The molecule has 0 spiro atoms. The maximum Gasteiger partial charge on any atom is 0.573 e. The van der Waals surface area contributed by atoms with E-state index in [-0.39, 0.29) is 31.1 Å². The molecule has 1 aliphatic rings. The van der Waals surface area contributed by atoms with E-state index in [0.29, 0.717) is 22.6 Å². The molecule has 17 heteroatoms. The molecule has 1 fully saturated rings. The van der Waals surface area contributed by atoms with E-state index in [4.69, 9.17) is 5.73 Å². The highest BCUT2D eigenvalue weighted by molar-refractivity contribution is 7.89. The minimum atomic E-state index is -4.98. The lowest BCUT2D eigenvalue weighted by atomic mass is 10.1. The second-order valence-corrected chi connectivity index (χ2v) is 11.7. The number of anilines is 2. The molecule has 0 saturated carbocycles. The van der Waals surface area contributed by atoms with Crippen molar-refractivity contribution >= 4 is 39.2 Å². The van der Waals surface area contributed by atoms with Crippen LogP contribution in [0.1, 0.15) is 5.56 Å². The molecular formula is C29H27F6N5O5S. The Labute approximate surface area is 259 Å². The summed E-state index contributed by atoms with van der Waals surface area (Å²) in [6.45, 7) is 3.17. The van der Waals surface area contributed by atoms with Crippen LogP contribution < -0.4 is 25.4 Å². The first kappa shape index (κ1) is 34.1. The van der Waals surface area contributed by atoms with Gasteiger partial charge in [0.25, 0.3) is 0 Å². The summed E-state index contributed by atoms with van der Waals surface area (Å²) < 4.78 is 111. The molecule has 3 N–H and O–H groups in total. The highest BCUT2D eigenvalue weighted by atomic mass is 32.2. The molecule has 3 aromatic rings. The van der Waals surface area contributed by atoms with Crippen molar-refractivity contribution in [3.63, 3.8) is 0 Å². The Hall–Kier alpha value is -4.77. The van der Waals surface area contributed by atoms with Crippen molar-refractivity contribution in [3.05, 3.63) is 84.9 Å². The fourth-order valence-electron chi connectivity index (χ4n) is 4.56. The average molecular weight is 672 g/mol. The topological polar surface area (TPSA) is 127 Å². The zero-order valence-electron chi connectivity index (χ0n) is 23.8.